The van der Waals surface area contributed by atoms with Gasteiger partial charge in [-0.15, -0.1) is 0 Å². The highest BCUT2D eigenvalue weighted by Gasteiger charge is 2.09. The molecule has 1 amide bonds. The second-order valence-electron chi connectivity index (χ2n) is 4.10. The minimum atomic E-state index is -0.286. The molecule has 2 rings (SSSR count). The van der Waals surface area contributed by atoms with Gasteiger partial charge in [0, 0.05) is 24.4 Å². The number of nitrogen functional groups attached to an aromatic ring is 1. The molecule has 7 nitrogen and oxygen atoms in total. The molecule has 0 spiro atoms. The van der Waals surface area contributed by atoms with Gasteiger partial charge in [0.15, 0.2) is 0 Å². The van der Waals surface area contributed by atoms with Gasteiger partial charge < -0.3 is 15.5 Å². The van der Waals surface area contributed by atoms with E-state index in [1.807, 2.05) is 0 Å². The van der Waals surface area contributed by atoms with Crippen LogP contribution in [0.3, 0.4) is 0 Å². The van der Waals surface area contributed by atoms with Crippen molar-refractivity contribution in [1.82, 2.24) is 15.3 Å². The van der Waals surface area contributed by atoms with E-state index >= 15 is 0 Å². The van der Waals surface area contributed by atoms with Gasteiger partial charge in [0.25, 0.3) is 5.91 Å². The van der Waals surface area contributed by atoms with Gasteiger partial charge >= 0.3 is 0 Å². The number of nitrogens with two attached hydrogens (primary N) is 1. The molecule has 4 N–H and O–H groups in total. The maximum absolute atomic E-state index is 12.1. The van der Waals surface area contributed by atoms with Gasteiger partial charge in [0.1, 0.15) is 11.0 Å². The Balaban J connectivity index is 2.06. The number of pyridine rings is 2. The molecule has 0 saturated heterocycles. The summed E-state index contributed by atoms with van der Waals surface area (Å²) in [6, 6.07) is 6.50. The van der Waals surface area contributed by atoms with Crippen LogP contribution >= 0.6 is 11.6 Å². The summed E-state index contributed by atoms with van der Waals surface area (Å²) in [5, 5.41) is 2.95. The lowest BCUT2D eigenvalue weighted by Crippen LogP contribution is -2.23. The minimum absolute atomic E-state index is 0.182. The van der Waals surface area contributed by atoms with E-state index in [2.05, 4.69) is 20.7 Å². The summed E-state index contributed by atoms with van der Waals surface area (Å²) in [4.78, 5) is 20.0. The second kappa shape index (κ2) is 6.87. The Kier molecular flexibility index (Phi) is 4.91. The van der Waals surface area contributed by atoms with Crippen LogP contribution in [0.25, 0.3) is 0 Å². The summed E-state index contributed by atoms with van der Waals surface area (Å²) in [7, 11) is 1.53. The van der Waals surface area contributed by atoms with Crippen LogP contribution in [0.2, 0.25) is 5.15 Å². The highest BCUT2D eigenvalue weighted by atomic mass is 35.5. The van der Waals surface area contributed by atoms with Crippen LogP contribution in [0, 0.1) is 0 Å². The number of halogens is 1. The molecule has 0 atom stereocenters. The lowest BCUT2D eigenvalue weighted by atomic mass is 10.2. The van der Waals surface area contributed by atoms with Crippen LogP contribution in [0.4, 0.5) is 5.82 Å². The monoisotopic (exact) mass is 307 g/mol. The van der Waals surface area contributed by atoms with E-state index in [1.165, 1.54) is 19.2 Å². The van der Waals surface area contributed by atoms with Gasteiger partial charge in [0.2, 0.25) is 5.88 Å². The second-order valence-corrected chi connectivity index (χ2v) is 4.48. The van der Waals surface area contributed by atoms with E-state index in [4.69, 9.17) is 22.2 Å². The number of anilines is 1. The van der Waals surface area contributed by atoms with E-state index in [9.17, 15) is 4.79 Å². The molecule has 0 saturated carbocycles. The van der Waals surface area contributed by atoms with E-state index in [1.54, 1.807) is 18.3 Å². The van der Waals surface area contributed by atoms with Crippen LogP contribution in [-0.2, 0) is 6.54 Å². The molecule has 8 heteroatoms. The van der Waals surface area contributed by atoms with Crippen molar-refractivity contribution in [2.24, 2.45) is 5.84 Å². The summed E-state index contributed by atoms with van der Waals surface area (Å²) in [6.45, 7) is 0.336. The summed E-state index contributed by atoms with van der Waals surface area (Å²) in [5.74, 6) is 5.78. The SMILES string of the molecule is COc1cc(CNC(=O)c2cc(Cl)nc(NN)c2)ccn1. The molecule has 0 aliphatic heterocycles. The predicted molar refractivity (Wildman–Crippen MR) is 79.0 cm³/mol. The Morgan fingerprint density at radius 1 is 1.43 bits per heavy atom. The first-order chi connectivity index (χ1) is 10.1. The van der Waals surface area contributed by atoms with Crippen molar-refractivity contribution in [3.8, 4) is 5.88 Å². The van der Waals surface area contributed by atoms with Crippen LogP contribution in [0.5, 0.6) is 5.88 Å². The zero-order valence-electron chi connectivity index (χ0n) is 11.3. The Bertz CT molecular complexity index is 650. The fourth-order valence-electron chi connectivity index (χ4n) is 1.66. The largest absolute Gasteiger partial charge is 0.481 e. The Labute approximate surface area is 126 Å². The maximum Gasteiger partial charge on any atom is 0.251 e. The highest BCUT2D eigenvalue weighted by molar-refractivity contribution is 6.29. The van der Waals surface area contributed by atoms with Crippen molar-refractivity contribution < 1.29 is 9.53 Å². The Hall–Kier alpha value is -2.38. The molecule has 0 aliphatic rings. The minimum Gasteiger partial charge on any atom is -0.481 e. The molecule has 0 fully saturated rings. The summed E-state index contributed by atoms with van der Waals surface area (Å²) in [5.41, 5.74) is 3.58. The molecule has 0 radical (unpaired) electrons. The Morgan fingerprint density at radius 3 is 2.95 bits per heavy atom. The van der Waals surface area contributed by atoms with Gasteiger partial charge in [-0.2, -0.15) is 0 Å². The molecule has 0 bridgehead atoms. The number of carbonyl (C=O) groups is 1. The number of hydrogen-bond acceptors (Lipinski definition) is 6. The van der Waals surface area contributed by atoms with Crippen molar-refractivity contribution in [2.45, 2.75) is 6.54 Å². The number of methoxy groups -OCH3 is 1. The molecule has 2 aromatic heterocycles. The third-order valence-electron chi connectivity index (χ3n) is 2.67. The predicted octanol–water partition coefficient (Wildman–Crippen LogP) is 1.35. The maximum atomic E-state index is 12.1. The Morgan fingerprint density at radius 2 is 2.24 bits per heavy atom. The molecular weight excluding hydrogens is 294 g/mol. The molecule has 2 heterocycles. The molecule has 2 aromatic rings. The molecule has 0 unspecified atom stereocenters. The molecule has 21 heavy (non-hydrogen) atoms. The summed E-state index contributed by atoms with van der Waals surface area (Å²) in [6.07, 6.45) is 1.61. The molecule has 110 valence electrons. The zero-order valence-corrected chi connectivity index (χ0v) is 12.0. The number of ether oxygens (including phenoxy) is 1. The van der Waals surface area contributed by atoms with E-state index in [0.29, 0.717) is 23.8 Å². The van der Waals surface area contributed by atoms with Crippen LogP contribution in [0.1, 0.15) is 15.9 Å². The first-order valence-electron chi connectivity index (χ1n) is 6.03. The lowest BCUT2D eigenvalue weighted by Gasteiger charge is -2.08. The fraction of sp³-hybridized carbons (Fsp3) is 0.154. The first kappa shape index (κ1) is 15.0. The topological polar surface area (TPSA) is 102 Å². The van der Waals surface area contributed by atoms with Crippen molar-refractivity contribution in [2.75, 3.05) is 12.5 Å². The highest BCUT2D eigenvalue weighted by Crippen LogP contribution is 2.14. The summed E-state index contributed by atoms with van der Waals surface area (Å²) < 4.78 is 5.02. The first-order valence-corrected chi connectivity index (χ1v) is 6.41. The number of amides is 1. The average Bonchev–Trinajstić information content (AvgIpc) is 2.52. The van der Waals surface area contributed by atoms with Crippen LogP contribution < -0.4 is 21.3 Å². The van der Waals surface area contributed by atoms with Gasteiger partial charge in [-0.3, -0.25) is 4.79 Å². The van der Waals surface area contributed by atoms with Crippen molar-refractivity contribution >= 4 is 23.3 Å². The molecule has 0 aliphatic carbocycles. The number of rotatable bonds is 5. The van der Waals surface area contributed by atoms with E-state index in [-0.39, 0.29) is 11.1 Å². The third-order valence-corrected chi connectivity index (χ3v) is 2.86. The van der Waals surface area contributed by atoms with Gasteiger partial charge in [0.05, 0.1) is 7.11 Å². The molecule has 0 aromatic carbocycles. The van der Waals surface area contributed by atoms with Crippen molar-refractivity contribution in [1.29, 1.82) is 0 Å². The van der Waals surface area contributed by atoms with Crippen LogP contribution in [-0.4, -0.2) is 23.0 Å². The van der Waals surface area contributed by atoms with E-state index in [0.717, 1.165) is 5.56 Å². The quantitative estimate of drug-likeness (QED) is 0.438. The zero-order chi connectivity index (χ0) is 15.2. The average molecular weight is 308 g/mol. The number of hydrogen-bond donors (Lipinski definition) is 3. The van der Waals surface area contributed by atoms with Crippen molar-refractivity contribution in [3.63, 3.8) is 0 Å². The number of carbonyl (C=O) groups excluding carboxylic acids is 1. The smallest absolute Gasteiger partial charge is 0.251 e. The summed E-state index contributed by atoms with van der Waals surface area (Å²) >= 11 is 5.82. The van der Waals surface area contributed by atoms with E-state index < -0.39 is 0 Å². The van der Waals surface area contributed by atoms with Crippen LogP contribution in [0.15, 0.2) is 30.5 Å². The molecular formula is C13H14ClN5O2. The van der Waals surface area contributed by atoms with Crippen molar-refractivity contribution in [3.05, 3.63) is 46.7 Å². The third kappa shape index (κ3) is 4.04. The van der Waals surface area contributed by atoms with Gasteiger partial charge in [-0.1, -0.05) is 11.6 Å². The van der Waals surface area contributed by atoms with Gasteiger partial charge in [-0.05, 0) is 23.8 Å². The number of aromatic nitrogens is 2. The normalized spacial score (nSPS) is 10.0. The number of nitrogens with one attached hydrogen (secondary N) is 2. The van der Waals surface area contributed by atoms with Gasteiger partial charge in [-0.25, -0.2) is 15.8 Å². The number of hydrazine groups is 1. The lowest BCUT2D eigenvalue weighted by molar-refractivity contribution is 0.0951. The number of nitrogens with zero attached hydrogens (tertiary/aromatic N) is 2. The fourth-order valence-corrected chi connectivity index (χ4v) is 1.87. The standard InChI is InChI=1S/C13H14ClN5O2/c1-21-12-4-8(2-3-16-12)7-17-13(20)9-5-10(14)18-11(6-9)19-15/h2-6H,7,15H2,1H3,(H,17,20)(H,18,19).